The number of nitrogens with one attached hydrogen (secondary N) is 1. The molecule has 4 rings (SSSR count). The summed E-state index contributed by atoms with van der Waals surface area (Å²) in [5.41, 5.74) is 7.46. The highest BCUT2D eigenvalue weighted by atomic mass is 35.5. The number of anilines is 2. The van der Waals surface area contributed by atoms with E-state index in [0.717, 1.165) is 12.1 Å². The minimum atomic E-state index is -4.48. The number of carbonyl (C=O) groups is 1. The van der Waals surface area contributed by atoms with Crippen LogP contribution < -0.4 is 11.1 Å². The molecule has 11 heteroatoms. The van der Waals surface area contributed by atoms with Gasteiger partial charge in [-0.25, -0.2) is 14.6 Å². The largest absolute Gasteiger partial charge is 0.416 e. The summed E-state index contributed by atoms with van der Waals surface area (Å²) in [6.07, 6.45) is -3.37. The molecule has 0 bridgehead atoms. The van der Waals surface area contributed by atoms with Crippen molar-refractivity contribution in [3.8, 4) is 11.3 Å². The van der Waals surface area contributed by atoms with Crippen LogP contribution in [0.2, 0.25) is 5.02 Å². The second-order valence-corrected chi connectivity index (χ2v) is 7.45. The Morgan fingerprint density at radius 2 is 1.97 bits per heavy atom. The first-order valence-corrected chi connectivity index (χ1v) is 9.70. The maximum Gasteiger partial charge on any atom is 0.416 e. The molecule has 0 aliphatic heterocycles. The zero-order valence-electron chi connectivity index (χ0n) is 16.6. The number of amides is 1. The molecule has 7 nitrogen and oxygen atoms in total. The average molecular weight is 461 g/mol. The second-order valence-electron chi connectivity index (χ2n) is 7.05. The fourth-order valence-corrected chi connectivity index (χ4v) is 3.54. The van der Waals surface area contributed by atoms with E-state index in [-0.39, 0.29) is 22.8 Å². The molecule has 0 aliphatic rings. The number of nitrogen functional groups attached to an aromatic ring is 1. The molecule has 0 spiro atoms. The summed E-state index contributed by atoms with van der Waals surface area (Å²) < 4.78 is 40.2. The van der Waals surface area contributed by atoms with Crippen molar-refractivity contribution < 1.29 is 18.0 Å². The van der Waals surface area contributed by atoms with Crippen molar-refractivity contribution in [3.63, 3.8) is 0 Å². The van der Waals surface area contributed by atoms with Crippen LogP contribution in [0.25, 0.3) is 22.3 Å². The fourth-order valence-electron chi connectivity index (χ4n) is 3.31. The second kappa shape index (κ2) is 8.12. The number of rotatable bonds is 4. The Hall–Kier alpha value is -3.66. The van der Waals surface area contributed by atoms with E-state index in [0.29, 0.717) is 28.0 Å². The molecule has 0 atom stereocenters. The van der Waals surface area contributed by atoms with Crippen molar-refractivity contribution in [2.45, 2.75) is 12.6 Å². The number of benzene rings is 2. The zero-order chi connectivity index (χ0) is 23.0. The maximum atomic E-state index is 12.9. The van der Waals surface area contributed by atoms with Gasteiger partial charge in [0.2, 0.25) is 5.91 Å². The van der Waals surface area contributed by atoms with Gasteiger partial charge in [0.05, 0.1) is 28.1 Å². The van der Waals surface area contributed by atoms with E-state index >= 15 is 0 Å². The minimum absolute atomic E-state index is 0.231. The van der Waals surface area contributed by atoms with Gasteiger partial charge in [-0.05, 0) is 23.8 Å². The number of hydrogen-bond donors (Lipinski definition) is 2. The van der Waals surface area contributed by atoms with Gasteiger partial charge in [-0.3, -0.25) is 4.79 Å². The normalized spacial score (nSPS) is 11.7. The van der Waals surface area contributed by atoms with Crippen LogP contribution in [-0.4, -0.2) is 25.7 Å². The molecule has 0 saturated carbocycles. The van der Waals surface area contributed by atoms with Crippen LogP contribution in [0.5, 0.6) is 0 Å². The molecule has 0 aliphatic carbocycles. The average Bonchev–Trinajstić information content (AvgIpc) is 3.07. The van der Waals surface area contributed by atoms with Gasteiger partial charge in [0.15, 0.2) is 5.65 Å². The van der Waals surface area contributed by atoms with Crippen LogP contribution in [-0.2, 0) is 24.4 Å². The zero-order valence-corrected chi connectivity index (χ0v) is 17.4. The molecule has 0 radical (unpaired) electrons. The molecule has 1 amide bonds. The molecular formula is C21H16ClF3N6O. The lowest BCUT2D eigenvalue weighted by Crippen LogP contribution is -2.15. The summed E-state index contributed by atoms with van der Waals surface area (Å²) >= 11 is 6.35. The number of halogens is 4. The van der Waals surface area contributed by atoms with Gasteiger partial charge in [-0.2, -0.15) is 18.3 Å². The van der Waals surface area contributed by atoms with Gasteiger partial charge in [0, 0.05) is 12.6 Å². The molecule has 0 unspecified atom stereocenters. The summed E-state index contributed by atoms with van der Waals surface area (Å²) in [5, 5.41) is 7.86. The summed E-state index contributed by atoms with van der Waals surface area (Å²) in [6, 6.07) is 9.51. The first kappa shape index (κ1) is 21.6. The highest BCUT2D eigenvalue weighted by molar-refractivity contribution is 6.34. The van der Waals surface area contributed by atoms with Crippen LogP contribution >= 0.6 is 11.6 Å². The van der Waals surface area contributed by atoms with Crippen molar-refractivity contribution in [1.29, 1.82) is 0 Å². The number of nitrogens with two attached hydrogens (primary N) is 1. The number of aryl methyl sites for hydroxylation is 1. The van der Waals surface area contributed by atoms with E-state index in [9.17, 15) is 18.0 Å². The lowest BCUT2D eigenvalue weighted by atomic mass is 10.1. The topological polar surface area (TPSA) is 98.7 Å². The number of alkyl halides is 3. The lowest BCUT2D eigenvalue weighted by molar-refractivity contribution is -0.137. The van der Waals surface area contributed by atoms with Gasteiger partial charge < -0.3 is 11.1 Å². The smallest absolute Gasteiger partial charge is 0.383 e. The fraction of sp³-hybridized carbons (Fsp3) is 0.143. The lowest BCUT2D eigenvalue weighted by Gasteiger charge is -2.11. The third-order valence-electron chi connectivity index (χ3n) is 4.79. The number of aromatic nitrogens is 4. The van der Waals surface area contributed by atoms with Gasteiger partial charge in [0.25, 0.3) is 0 Å². The summed E-state index contributed by atoms with van der Waals surface area (Å²) in [6.45, 7) is 0. The molecule has 2 aromatic heterocycles. The molecule has 0 fully saturated rings. The third-order valence-corrected chi connectivity index (χ3v) is 5.10. The van der Waals surface area contributed by atoms with Crippen molar-refractivity contribution in [3.05, 3.63) is 64.9 Å². The monoisotopic (exact) mass is 460 g/mol. The standard InChI is InChI=1S/C21H16ClF3N6O/c1-31-20-17(19(26)27-10-28-20)18(30-31)12-5-6-15(14(22)9-12)29-16(32)8-11-3-2-4-13(7-11)21(23,24)25/h2-7,9-10H,8H2,1H3,(H,29,32)(H2,26,27,28). The Kier molecular flexibility index (Phi) is 5.47. The predicted octanol–water partition coefficient (Wildman–Crippen LogP) is 4.47. The first-order chi connectivity index (χ1) is 15.1. The third kappa shape index (κ3) is 4.22. The van der Waals surface area contributed by atoms with Crippen LogP contribution in [0.1, 0.15) is 11.1 Å². The van der Waals surface area contributed by atoms with Crippen LogP contribution in [0.4, 0.5) is 24.7 Å². The first-order valence-electron chi connectivity index (χ1n) is 9.32. The van der Waals surface area contributed by atoms with E-state index in [4.69, 9.17) is 17.3 Å². The van der Waals surface area contributed by atoms with Gasteiger partial charge in [-0.15, -0.1) is 0 Å². The number of nitrogens with zero attached hydrogens (tertiary/aromatic N) is 4. The van der Waals surface area contributed by atoms with E-state index in [2.05, 4.69) is 20.4 Å². The molecular weight excluding hydrogens is 445 g/mol. The summed E-state index contributed by atoms with van der Waals surface area (Å²) in [5.74, 6) is -0.229. The Morgan fingerprint density at radius 1 is 1.19 bits per heavy atom. The molecule has 3 N–H and O–H groups in total. The minimum Gasteiger partial charge on any atom is -0.383 e. The summed E-state index contributed by atoms with van der Waals surface area (Å²) in [4.78, 5) is 20.6. The number of hydrogen-bond acceptors (Lipinski definition) is 5. The molecule has 2 aromatic carbocycles. The van der Waals surface area contributed by atoms with E-state index < -0.39 is 17.6 Å². The van der Waals surface area contributed by atoms with Crippen molar-refractivity contribution >= 4 is 40.0 Å². The Labute approximate surface area is 185 Å². The van der Waals surface area contributed by atoms with Crippen molar-refractivity contribution in [2.75, 3.05) is 11.1 Å². The van der Waals surface area contributed by atoms with Crippen molar-refractivity contribution in [1.82, 2.24) is 19.7 Å². The van der Waals surface area contributed by atoms with Crippen LogP contribution in [0.15, 0.2) is 48.8 Å². The molecule has 4 aromatic rings. The van der Waals surface area contributed by atoms with Gasteiger partial charge >= 0.3 is 6.18 Å². The number of carbonyl (C=O) groups excluding carboxylic acids is 1. The molecule has 2 heterocycles. The van der Waals surface area contributed by atoms with Crippen molar-refractivity contribution in [2.24, 2.45) is 7.05 Å². The predicted molar refractivity (Wildman–Crippen MR) is 115 cm³/mol. The quantitative estimate of drug-likeness (QED) is 0.468. The van der Waals surface area contributed by atoms with E-state index in [1.807, 2.05) is 0 Å². The summed E-state index contributed by atoms with van der Waals surface area (Å²) in [7, 11) is 1.72. The van der Waals surface area contributed by atoms with Crippen LogP contribution in [0.3, 0.4) is 0 Å². The van der Waals surface area contributed by atoms with Gasteiger partial charge in [-0.1, -0.05) is 35.9 Å². The van der Waals surface area contributed by atoms with Crippen LogP contribution in [0, 0.1) is 0 Å². The van der Waals surface area contributed by atoms with E-state index in [1.54, 1.807) is 29.9 Å². The Bertz CT molecular complexity index is 1340. The highest BCUT2D eigenvalue weighted by Crippen LogP contribution is 2.34. The highest BCUT2D eigenvalue weighted by Gasteiger charge is 2.30. The van der Waals surface area contributed by atoms with E-state index in [1.165, 1.54) is 18.5 Å². The molecule has 164 valence electrons. The maximum absolute atomic E-state index is 12.9. The van der Waals surface area contributed by atoms with Gasteiger partial charge in [0.1, 0.15) is 17.8 Å². The molecule has 32 heavy (non-hydrogen) atoms. The SMILES string of the molecule is Cn1nc(-c2ccc(NC(=O)Cc3cccc(C(F)(F)F)c3)c(Cl)c2)c2c(N)ncnc21. The molecule has 0 saturated heterocycles. The number of fused-ring (bicyclic) bond motifs is 1. The Balaban J connectivity index is 1.56. The Morgan fingerprint density at radius 3 is 2.69 bits per heavy atom.